The van der Waals surface area contributed by atoms with Gasteiger partial charge in [-0.3, -0.25) is 9.69 Å². The second kappa shape index (κ2) is 7.49. The van der Waals surface area contributed by atoms with Gasteiger partial charge in [-0.05, 0) is 53.8 Å². The molecule has 5 heteroatoms. The molecule has 0 saturated heterocycles. The van der Waals surface area contributed by atoms with Gasteiger partial charge in [0.25, 0.3) is 5.91 Å². The highest BCUT2D eigenvalue weighted by atomic mass is 16.5. The fourth-order valence-electron chi connectivity index (χ4n) is 3.02. The summed E-state index contributed by atoms with van der Waals surface area (Å²) in [6.45, 7) is 6.20. The zero-order valence-corrected chi connectivity index (χ0v) is 14.9. The Labute approximate surface area is 148 Å². The zero-order valence-electron chi connectivity index (χ0n) is 14.9. The number of ether oxygens (including phenoxy) is 1. The molecule has 5 nitrogen and oxygen atoms in total. The van der Waals surface area contributed by atoms with E-state index in [1.807, 2.05) is 24.3 Å². The van der Waals surface area contributed by atoms with Crippen molar-refractivity contribution in [1.82, 2.24) is 10.3 Å². The van der Waals surface area contributed by atoms with Crippen molar-refractivity contribution in [3.05, 3.63) is 64.2 Å². The number of hydrogen-bond donors (Lipinski definition) is 1. The maximum Gasteiger partial charge on any atom is 0.254 e. The second-order valence-corrected chi connectivity index (χ2v) is 6.42. The van der Waals surface area contributed by atoms with Crippen LogP contribution in [0.1, 0.15) is 27.8 Å². The summed E-state index contributed by atoms with van der Waals surface area (Å²) in [5.74, 6) is 0.649. The lowest BCUT2D eigenvalue weighted by atomic mass is 10.0. The Bertz CT molecular complexity index is 784. The molecule has 3 rings (SSSR count). The lowest BCUT2D eigenvalue weighted by molar-refractivity contribution is -0.122. The number of rotatable bonds is 5. The molecule has 25 heavy (non-hydrogen) atoms. The molecule has 0 bridgehead atoms. The van der Waals surface area contributed by atoms with E-state index in [0.717, 1.165) is 24.4 Å². The predicted molar refractivity (Wildman–Crippen MR) is 98.8 cm³/mol. The molecule has 1 N–H and O–H groups in total. The van der Waals surface area contributed by atoms with Gasteiger partial charge in [-0.2, -0.15) is 5.10 Å². The largest absolute Gasteiger partial charge is 0.497 e. The number of carbonyl (C=O) groups excluding carboxylic acids is 1. The predicted octanol–water partition coefficient (Wildman–Crippen LogP) is 2.78. The number of hydrazone groups is 1. The van der Waals surface area contributed by atoms with Crippen molar-refractivity contribution < 1.29 is 9.53 Å². The molecule has 130 valence electrons. The molecule has 1 heterocycles. The number of fused-ring (bicyclic) bond motifs is 1. The Morgan fingerprint density at radius 1 is 1.20 bits per heavy atom. The van der Waals surface area contributed by atoms with Gasteiger partial charge < -0.3 is 4.74 Å². The van der Waals surface area contributed by atoms with Crippen molar-refractivity contribution in [3.8, 4) is 5.75 Å². The third kappa shape index (κ3) is 4.25. The Morgan fingerprint density at radius 2 is 1.88 bits per heavy atom. The molecule has 0 spiro atoms. The van der Waals surface area contributed by atoms with Crippen molar-refractivity contribution in [2.24, 2.45) is 5.10 Å². The van der Waals surface area contributed by atoms with E-state index < -0.39 is 0 Å². The molecule has 1 aliphatic heterocycles. The first kappa shape index (κ1) is 17.2. The minimum absolute atomic E-state index is 0.111. The Hall–Kier alpha value is -2.66. The number of aryl methyl sites for hydroxylation is 2. The lowest BCUT2D eigenvalue weighted by Gasteiger charge is -2.12. The average Bonchev–Trinajstić information content (AvgIpc) is 2.96. The fraction of sp³-hybridized carbons (Fsp3) is 0.300. The summed E-state index contributed by atoms with van der Waals surface area (Å²) < 4.78 is 5.16. The van der Waals surface area contributed by atoms with Crippen molar-refractivity contribution in [3.63, 3.8) is 0 Å². The van der Waals surface area contributed by atoms with Crippen LogP contribution in [0.2, 0.25) is 0 Å². The van der Waals surface area contributed by atoms with Gasteiger partial charge in [-0.15, -0.1) is 0 Å². The van der Waals surface area contributed by atoms with E-state index in [9.17, 15) is 4.79 Å². The molecule has 0 radical (unpaired) electrons. The Balaban J connectivity index is 1.52. The maximum absolute atomic E-state index is 12.1. The summed E-state index contributed by atoms with van der Waals surface area (Å²) in [5.41, 5.74) is 8.70. The van der Waals surface area contributed by atoms with E-state index in [-0.39, 0.29) is 5.91 Å². The number of nitrogens with zero attached hydrogens (tertiary/aromatic N) is 2. The van der Waals surface area contributed by atoms with E-state index in [1.54, 1.807) is 13.3 Å². The van der Waals surface area contributed by atoms with Crippen LogP contribution in [0.25, 0.3) is 0 Å². The molecule has 0 fully saturated rings. The van der Waals surface area contributed by atoms with Gasteiger partial charge in [0.1, 0.15) is 5.75 Å². The molecule has 1 amide bonds. The topological polar surface area (TPSA) is 53.9 Å². The van der Waals surface area contributed by atoms with Crippen LogP contribution < -0.4 is 10.2 Å². The van der Waals surface area contributed by atoms with Gasteiger partial charge >= 0.3 is 0 Å². The second-order valence-electron chi connectivity index (χ2n) is 6.42. The quantitative estimate of drug-likeness (QED) is 0.674. The van der Waals surface area contributed by atoms with Crippen molar-refractivity contribution >= 4 is 12.1 Å². The van der Waals surface area contributed by atoms with E-state index in [1.165, 1.54) is 22.3 Å². The van der Waals surface area contributed by atoms with E-state index in [0.29, 0.717) is 6.54 Å². The van der Waals surface area contributed by atoms with Gasteiger partial charge in [0.05, 0.1) is 19.9 Å². The Morgan fingerprint density at radius 3 is 2.52 bits per heavy atom. The van der Waals surface area contributed by atoms with Gasteiger partial charge in [0.15, 0.2) is 0 Å². The third-order valence-corrected chi connectivity index (χ3v) is 4.47. The molecule has 2 aromatic rings. The van der Waals surface area contributed by atoms with E-state index >= 15 is 0 Å². The van der Waals surface area contributed by atoms with Gasteiger partial charge in [-0.25, -0.2) is 5.43 Å². The molecule has 0 aliphatic carbocycles. The summed E-state index contributed by atoms with van der Waals surface area (Å²) >= 11 is 0. The lowest BCUT2D eigenvalue weighted by Crippen LogP contribution is -2.32. The van der Waals surface area contributed by atoms with Crippen molar-refractivity contribution in [2.75, 3.05) is 13.7 Å². The number of benzene rings is 2. The first-order chi connectivity index (χ1) is 12.0. The van der Waals surface area contributed by atoms with Crippen LogP contribution in [0.15, 0.2) is 41.5 Å². The van der Waals surface area contributed by atoms with Gasteiger partial charge in [0, 0.05) is 13.1 Å². The summed E-state index contributed by atoms with van der Waals surface area (Å²) in [4.78, 5) is 14.2. The average molecular weight is 337 g/mol. The summed E-state index contributed by atoms with van der Waals surface area (Å²) in [7, 11) is 1.62. The highest BCUT2D eigenvalue weighted by Crippen LogP contribution is 2.25. The van der Waals surface area contributed by atoms with Crippen LogP contribution in [0.5, 0.6) is 5.75 Å². The molecule has 2 aromatic carbocycles. The number of hydrogen-bond acceptors (Lipinski definition) is 4. The van der Waals surface area contributed by atoms with Gasteiger partial charge in [-0.1, -0.05) is 24.3 Å². The number of nitrogens with one attached hydrogen (secondary N) is 1. The fourth-order valence-corrected chi connectivity index (χ4v) is 3.02. The minimum Gasteiger partial charge on any atom is -0.497 e. The molecular formula is C20H23N3O2. The van der Waals surface area contributed by atoms with Crippen LogP contribution in [-0.4, -0.2) is 30.7 Å². The summed E-state index contributed by atoms with van der Waals surface area (Å²) in [6, 6.07) is 12.0. The normalized spacial score (nSPS) is 13.9. The minimum atomic E-state index is -0.111. The molecule has 1 aliphatic rings. The van der Waals surface area contributed by atoms with Crippen LogP contribution in [0, 0.1) is 13.8 Å². The summed E-state index contributed by atoms with van der Waals surface area (Å²) in [5, 5.41) is 4.03. The molecule has 0 aromatic heterocycles. The maximum atomic E-state index is 12.1. The van der Waals surface area contributed by atoms with Crippen LogP contribution in [0.4, 0.5) is 0 Å². The highest BCUT2D eigenvalue weighted by molar-refractivity contribution is 5.83. The monoisotopic (exact) mass is 337 g/mol. The number of amides is 1. The molecule has 0 atom stereocenters. The molecule has 0 unspecified atom stereocenters. The van der Waals surface area contributed by atoms with E-state index in [4.69, 9.17) is 4.74 Å². The number of methoxy groups -OCH3 is 1. The SMILES string of the molecule is COc1cccc(/C=N\NC(=O)CN2Cc3cc(C)c(C)cc3C2)c1. The number of carbonyl (C=O) groups is 1. The first-order valence-electron chi connectivity index (χ1n) is 8.32. The Kier molecular flexibility index (Phi) is 5.14. The van der Waals surface area contributed by atoms with Crippen molar-refractivity contribution in [2.45, 2.75) is 26.9 Å². The van der Waals surface area contributed by atoms with Crippen molar-refractivity contribution in [1.29, 1.82) is 0 Å². The highest BCUT2D eigenvalue weighted by Gasteiger charge is 2.21. The first-order valence-corrected chi connectivity index (χ1v) is 8.32. The van der Waals surface area contributed by atoms with Gasteiger partial charge in [0.2, 0.25) is 0 Å². The molecular weight excluding hydrogens is 314 g/mol. The van der Waals surface area contributed by atoms with Crippen LogP contribution in [0.3, 0.4) is 0 Å². The third-order valence-electron chi connectivity index (χ3n) is 4.47. The van der Waals surface area contributed by atoms with Crippen LogP contribution in [-0.2, 0) is 17.9 Å². The van der Waals surface area contributed by atoms with E-state index in [2.05, 4.69) is 41.4 Å². The van der Waals surface area contributed by atoms with Crippen LogP contribution >= 0.6 is 0 Å². The summed E-state index contributed by atoms with van der Waals surface area (Å²) in [6.07, 6.45) is 1.62. The molecule has 0 saturated carbocycles. The standard InChI is InChI=1S/C20H23N3O2/c1-14-7-17-11-23(12-18(17)8-15(14)2)13-20(24)22-21-10-16-5-4-6-19(9-16)25-3/h4-10H,11-13H2,1-3H3,(H,22,24)/b21-10-. The zero-order chi connectivity index (χ0) is 17.8. The smallest absolute Gasteiger partial charge is 0.254 e.